The van der Waals surface area contributed by atoms with E-state index in [9.17, 15) is 9.59 Å². The lowest BCUT2D eigenvalue weighted by atomic mass is 10.2. The zero-order chi connectivity index (χ0) is 17.6. The first-order valence-electron chi connectivity index (χ1n) is 8.18. The van der Waals surface area contributed by atoms with Gasteiger partial charge in [0.15, 0.2) is 0 Å². The molecule has 1 aliphatic heterocycles. The Hall–Kier alpha value is -3.02. The van der Waals surface area contributed by atoms with E-state index in [2.05, 4.69) is 5.32 Å². The predicted octanol–water partition coefficient (Wildman–Crippen LogP) is 3.30. The van der Waals surface area contributed by atoms with E-state index in [1.54, 1.807) is 16.8 Å². The molecule has 0 aromatic heterocycles. The highest BCUT2D eigenvalue weighted by Crippen LogP contribution is 2.16. The molecule has 0 atom stereocenters. The van der Waals surface area contributed by atoms with Gasteiger partial charge in [-0.05, 0) is 23.3 Å². The molecule has 1 aliphatic rings. The third-order valence-corrected chi connectivity index (χ3v) is 4.01. The van der Waals surface area contributed by atoms with Gasteiger partial charge in [-0.2, -0.15) is 0 Å². The number of nitrogens with one attached hydrogen (secondary N) is 1. The van der Waals surface area contributed by atoms with E-state index >= 15 is 0 Å². The number of carbonyl (C=O) groups is 2. The molecule has 1 N–H and O–H groups in total. The summed E-state index contributed by atoms with van der Waals surface area (Å²) in [7, 11) is 1.76. The molecule has 0 radical (unpaired) electrons. The highest BCUT2D eigenvalue weighted by atomic mass is 16.6. The number of carbonyl (C=O) groups excluding carboxylic acids is 2. The minimum absolute atomic E-state index is 0.179. The number of ether oxygens (including phenoxy) is 1. The first-order valence-corrected chi connectivity index (χ1v) is 8.18. The average molecular weight is 339 g/mol. The fourth-order valence-electron chi connectivity index (χ4n) is 2.69. The van der Waals surface area contributed by atoms with E-state index in [1.165, 1.54) is 0 Å². The van der Waals surface area contributed by atoms with Crippen LogP contribution in [0.15, 0.2) is 54.6 Å². The zero-order valence-electron chi connectivity index (χ0n) is 14.1. The van der Waals surface area contributed by atoms with Crippen LogP contribution in [0.4, 0.5) is 15.3 Å². The van der Waals surface area contributed by atoms with Crippen LogP contribution in [0.1, 0.15) is 11.1 Å². The maximum absolute atomic E-state index is 12.4. The van der Waals surface area contributed by atoms with Gasteiger partial charge in [-0.15, -0.1) is 0 Å². The molecule has 6 heteroatoms. The number of urea groups is 1. The zero-order valence-corrected chi connectivity index (χ0v) is 14.1. The van der Waals surface area contributed by atoms with Crippen LogP contribution in [0.25, 0.3) is 0 Å². The van der Waals surface area contributed by atoms with Crippen molar-refractivity contribution in [3.05, 3.63) is 65.7 Å². The van der Waals surface area contributed by atoms with Crippen molar-refractivity contribution in [2.24, 2.45) is 0 Å². The van der Waals surface area contributed by atoms with Crippen molar-refractivity contribution in [1.29, 1.82) is 0 Å². The summed E-state index contributed by atoms with van der Waals surface area (Å²) in [5, 5.41) is 2.89. The first-order chi connectivity index (χ1) is 12.1. The van der Waals surface area contributed by atoms with Crippen LogP contribution in [0.2, 0.25) is 0 Å². The summed E-state index contributed by atoms with van der Waals surface area (Å²) in [5.74, 6) is 0. The molecule has 1 saturated heterocycles. The van der Waals surface area contributed by atoms with Crippen LogP contribution < -0.4 is 5.32 Å². The second-order valence-corrected chi connectivity index (χ2v) is 6.01. The lowest BCUT2D eigenvalue weighted by Crippen LogP contribution is -2.30. The van der Waals surface area contributed by atoms with Crippen LogP contribution in [-0.4, -0.2) is 42.1 Å². The molecule has 3 rings (SSSR count). The molecule has 0 aliphatic carbocycles. The van der Waals surface area contributed by atoms with Crippen molar-refractivity contribution in [3.8, 4) is 0 Å². The number of hydrogen-bond acceptors (Lipinski definition) is 3. The molecule has 0 saturated carbocycles. The quantitative estimate of drug-likeness (QED) is 0.909. The number of cyclic esters (lactones) is 1. The number of nitrogens with zero attached hydrogens (tertiary/aromatic N) is 2. The normalized spacial score (nSPS) is 13.5. The summed E-state index contributed by atoms with van der Waals surface area (Å²) < 4.78 is 4.93. The van der Waals surface area contributed by atoms with E-state index in [-0.39, 0.29) is 12.1 Å². The van der Waals surface area contributed by atoms with E-state index in [0.29, 0.717) is 31.9 Å². The Morgan fingerprint density at radius 1 is 1.16 bits per heavy atom. The molecule has 3 amide bonds. The van der Waals surface area contributed by atoms with Gasteiger partial charge in [0.1, 0.15) is 6.61 Å². The van der Waals surface area contributed by atoms with E-state index in [0.717, 1.165) is 11.1 Å². The van der Waals surface area contributed by atoms with E-state index < -0.39 is 0 Å². The molecule has 2 aromatic carbocycles. The fourth-order valence-corrected chi connectivity index (χ4v) is 2.69. The summed E-state index contributed by atoms with van der Waals surface area (Å²) in [4.78, 5) is 27.2. The Balaban J connectivity index is 1.59. The van der Waals surface area contributed by atoms with E-state index in [4.69, 9.17) is 4.74 Å². The van der Waals surface area contributed by atoms with Crippen molar-refractivity contribution in [2.45, 2.75) is 13.1 Å². The van der Waals surface area contributed by atoms with Crippen molar-refractivity contribution >= 4 is 17.8 Å². The van der Waals surface area contributed by atoms with Crippen molar-refractivity contribution in [1.82, 2.24) is 9.80 Å². The van der Waals surface area contributed by atoms with Gasteiger partial charge in [0.25, 0.3) is 0 Å². The van der Waals surface area contributed by atoms with Gasteiger partial charge < -0.3 is 19.9 Å². The Labute approximate surface area is 147 Å². The van der Waals surface area contributed by atoms with Gasteiger partial charge in [-0.3, -0.25) is 0 Å². The second kappa shape index (κ2) is 7.70. The average Bonchev–Trinajstić information content (AvgIpc) is 3.01. The third kappa shape index (κ3) is 4.50. The number of anilines is 1. The lowest BCUT2D eigenvalue weighted by molar-refractivity contribution is 0.157. The van der Waals surface area contributed by atoms with E-state index in [1.807, 2.05) is 54.6 Å². The molecule has 0 bridgehead atoms. The molecule has 0 unspecified atom stereocenters. The lowest BCUT2D eigenvalue weighted by Gasteiger charge is -2.19. The minimum Gasteiger partial charge on any atom is -0.448 e. The highest BCUT2D eigenvalue weighted by molar-refractivity contribution is 5.89. The Bertz CT molecular complexity index is 749. The van der Waals surface area contributed by atoms with Gasteiger partial charge >= 0.3 is 12.1 Å². The summed E-state index contributed by atoms with van der Waals surface area (Å²) >= 11 is 0. The molecule has 25 heavy (non-hydrogen) atoms. The Kier molecular flexibility index (Phi) is 5.18. The molecule has 2 aromatic rings. The Morgan fingerprint density at radius 3 is 2.64 bits per heavy atom. The summed E-state index contributed by atoms with van der Waals surface area (Å²) in [6.07, 6.45) is -0.294. The second-order valence-electron chi connectivity index (χ2n) is 6.01. The summed E-state index contributed by atoms with van der Waals surface area (Å²) in [6, 6.07) is 17.1. The molecule has 1 fully saturated rings. The first kappa shape index (κ1) is 16.8. The van der Waals surface area contributed by atoms with Crippen LogP contribution in [0, 0.1) is 0 Å². The van der Waals surface area contributed by atoms with Gasteiger partial charge in [0.05, 0.1) is 6.54 Å². The number of rotatable bonds is 5. The maximum Gasteiger partial charge on any atom is 0.410 e. The molecule has 0 spiro atoms. The predicted molar refractivity (Wildman–Crippen MR) is 95.1 cm³/mol. The fraction of sp³-hybridized carbons (Fsp3) is 0.263. The largest absolute Gasteiger partial charge is 0.448 e. The van der Waals surface area contributed by atoms with Gasteiger partial charge in [-0.25, -0.2) is 9.59 Å². The third-order valence-electron chi connectivity index (χ3n) is 4.01. The summed E-state index contributed by atoms with van der Waals surface area (Å²) in [5.41, 5.74) is 2.72. The number of hydrogen-bond donors (Lipinski definition) is 1. The summed E-state index contributed by atoms with van der Waals surface area (Å²) in [6.45, 7) is 2.03. The van der Waals surface area contributed by atoms with Gasteiger partial charge in [0, 0.05) is 25.8 Å². The van der Waals surface area contributed by atoms with Crippen molar-refractivity contribution < 1.29 is 14.3 Å². The minimum atomic E-state index is -0.294. The number of benzene rings is 2. The maximum atomic E-state index is 12.4. The topological polar surface area (TPSA) is 61.9 Å². The molecule has 130 valence electrons. The van der Waals surface area contributed by atoms with Crippen LogP contribution >= 0.6 is 0 Å². The van der Waals surface area contributed by atoms with Crippen LogP contribution in [0.3, 0.4) is 0 Å². The van der Waals surface area contributed by atoms with Crippen molar-refractivity contribution in [2.75, 3.05) is 25.5 Å². The number of amides is 3. The van der Waals surface area contributed by atoms with Crippen molar-refractivity contribution in [3.63, 3.8) is 0 Å². The monoisotopic (exact) mass is 339 g/mol. The Morgan fingerprint density at radius 2 is 1.92 bits per heavy atom. The molecular formula is C19H21N3O3. The van der Waals surface area contributed by atoms with Gasteiger partial charge in [0.2, 0.25) is 0 Å². The molecular weight excluding hydrogens is 318 g/mol. The SMILES string of the molecule is CN(Cc1ccccc1)C(=O)Nc1cccc(CN2CCOC2=O)c1. The van der Waals surface area contributed by atoms with Crippen LogP contribution in [0.5, 0.6) is 0 Å². The van der Waals surface area contributed by atoms with Crippen LogP contribution in [-0.2, 0) is 17.8 Å². The smallest absolute Gasteiger partial charge is 0.410 e. The van der Waals surface area contributed by atoms with Gasteiger partial charge in [-0.1, -0.05) is 42.5 Å². The molecule has 6 nitrogen and oxygen atoms in total. The highest BCUT2D eigenvalue weighted by Gasteiger charge is 2.21. The molecule has 1 heterocycles. The standard InChI is InChI=1S/C19H21N3O3/c1-21(13-15-6-3-2-4-7-15)18(23)20-17-9-5-8-16(12-17)14-22-10-11-25-19(22)24/h2-9,12H,10-11,13-14H2,1H3,(H,20,23).